The van der Waals surface area contributed by atoms with Gasteiger partial charge in [-0.15, -0.1) is 0 Å². The van der Waals surface area contributed by atoms with Crippen LogP contribution in [0.2, 0.25) is 0 Å². The number of aromatic nitrogens is 1. The predicted molar refractivity (Wildman–Crippen MR) is 188 cm³/mol. The number of fused-ring (bicyclic) bond motifs is 3. The van der Waals surface area contributed by atoms with E-state index in [2.05, 4.69) is 54.2 Å². The second-order valence-corrected chi connectivity index (χ2v) is 15.7. The van der Waals surface area contributed by atoms with Gasteiger partial charge in [0.05, 0.1) is 16.6 Å². The maximum absolute atomic E-state index is 14.2. The van der Waals surface area contributed by atoms with Gasteiger partial charge in [0, 0.05) is 21.0 Å². The molecule has 1 fully saturated rings. The van der Waals surface area contributed by atoms with Crippen LogP contribution in [0.5, 0.6) is 0 Å². The molecular weight excluding hydrogens is 682 g/mol. The Morgan fingerprint density at radius 3 is 2.26 bits per heavy atom. The fraction of sp³-hybridized carbons (Fsp3) is 0.222. The van der Waals surface area contributed by atoms with Crippen LogP contribution in [0.1, 0.15) is 42.7 Å². The first-order chi connectivity index (χ1) is 22.0. The van der Waals surface area contributed by atoms with Gasteiger partial charge in [-0.2, -0.15) is 0 Å². The summed E-state index contributed by atoms with van der Waals surface area (Å²) in [6.45, 7) is 6.20. The Hall–Kier alpha value is -3.99. The number of nitrogens with one attached hydrogen (secondary N) is 1. The van der Waals surface area contributed by atoms with E-state index in [1.165, 1.54) is 21.2 Å². The van der Waals surface area contributed by atoms with Gasteiger partial charge in [0.1, 0.15) is 11.8 Å². The van der Waals surface area contributed by atoms with E-state index in [9.17, 15) is 19.2 Å². The Morgan fingerprint density at radius 2 is 1.57 bits per heavy atom. The third kappa shape index (κ3) is 5.42. The minimum Gasteiger partial charge on any atom is -0.325 e. The minimum atomic E-state index is -0.750. The van der Waals surface area contributed by atoms with E-state index in [-0.39, 0.29) is 34.6 Å². The lowest BCUT2D eigenvalue weighted by Gasteiger charge is -2.31. The van der Waals surface area contributed by atoms with Crippen LogP contribution in [0.3, 0.4) is 0 Å². The van der Waals surface area contributed by atoms with Crippen LogP contribution in [0, 0.1) is 5.92 Å². The van der Waals surface area contributed by atoms with Crippen molar-refractivity contribution in [1.82, 2.24) is 4.57 Å². The third-order valence-corrected chi connectivity index (χ3v) is 11.7. The summed E-state index contributed by atoms with van der Waals surface area (Å²) in [5.74, 6) is -2.18. The highest BCUT2D eigenvalue weighted by Gasteiger charge is 2.56. The molecule has 46 heavy (non-hydrogen) atoms. The molecule has 7 rings (SSSR count). The highest BCUT2D eigenvalue weighted by molar-refractivity contribution is 9.10. The molecule has 0 unspecified atom stereocenters. The van der Waals surface area contributed by atoms with Gasteiger partial charge in [-0.1, -0.05) is 114 Å². The predicted octanol–water partition coefficient (Wildman–Crippen LogP) is 7.56. The number of thiazole rings is 1. The standard InChI is InChI=1S/C36H30BrN3O4S2/c1-36(2,3)23-11-8-21(9-12-23)28-29-30(33(43)40(32(29)42)26-16-13-24(37)14-17-26)45-34-31(28)46-35(44)39(34)19-27(41)38-25-15-10-20-6-4-5-7-22(20)18-25/h4-18,28-30H,19H2,1-3H3,(H,38,41)/t28-,29-,30+/m0/s1. The van der Waals surface area contributed by atoms with Gasteiger partial charge in [-0.05, 0) is 63.7 Å². The highest BCUT2D eigenvalue weighted by atomic mass is 79.9. The van der Waals surface area contributed by atoms with E-state index in [0.29, 0.717) is 21.3 Å². The molecule has 4 aromatic carbocycles. The molecule has 0 spiro atoms. The molecule has 2 aliphatic rings. The Balaban J connectivity index is 1.27. The lowest BCUT2D eigenvalue weighted by Crippen LogP contribution is -2.33. The highest BCUT2D eigenvalue weighted by Crippen LogP contribution is 2.54. The smallest absolute Gasteiger partial charge is 0.308 e. The van der Waals surface area contributed by atoms with Crippen molar-refractivity contribution in [2.24, 2.45) is 5.92 Å². The van der Waals surface area contributed by atoms with Crippen molar-refractivity contribution in [3.63, 3.8) is 0 Å². The van der Waals surface area contributed by atoms with Crippen LogP contribution in [0.25, 0.3) is 10.8 Å². The van der Waals surface area contributed by atoms with Crippen LogP contribution >= 0.6 is 39.0 Å². The molecule has 3 amide bonds. The maximum atomic E-state index is 14.2. The van der Waals surface area contributed by atoms with Crippen LogP contribution < -0.4 is 15.1 Å². The van der Waals surface area contributed by atoms with Gasteiger partial charge in [0.15, 0.2) is 0 Å². The number of benzene rings is 4. The third-order valence-electron chi connectivity index (χ3n) is 8.60. The summed E-state index contributed by atoms with van der Waals surface area (Å²) in [7, 11) is 0. The molecule has 0 bridgehead atoms. The van der Waals surface area contributed by atoms with Crippen molar-refractivity contribution < 1.29 is 14.4 Å². The molecule has 232 valence electrons. The van der Waals surface area contributed by atoms with Crippen LogP contribution in [0.15, 0.2) is 105 Å². The summed E-state index contributed by atoms with van der Waals surface area (Å²) in [5, 5.41) is 4.79. The molecule has 10 heteroatoms. The maximum Gasteiger partial charge on any atom is 0.308 e. The molecule has 0 radical (unpaired) electrons. The average molecular weight is 713 g/mol. The van der Waals surface area contributed by atoms with Gasteiger partial charge < -0.3 is 5.32 Å². The van der Waals surface area contributed by atoms with Crippen LogP contribution in [-0.2, 0) is 26.3 Å². The zero-order valence-electron chi connectivity index (χ0n) is 25.3. The van der Waals surface area contributed by atoms with Gasteiger partial charge in [0.25, 0.3) is 0 Å². The second kappa shape index (κ2) is 11.7. The number of carbonyl (C=O) groups is 3. The first-order valence-corrected chi connectivity index (χ1v) is 17.4. The Bertz CT molecular complexity index is 2080. The number of rotatable bonds is 5. The topological polar surface area (TPSA) is 88.5 Å². The molecule has 7 nitrogen and oxygen atoms in total. The van der Waals surface area contributed by atoms with Crippen molar-refractivity contribution in [3.05, 3.63) is 121 Å². The number of hydrogen-bond donors (Lipinski definition) is 1. The van der Waals surface area contributed by atoms with Crippen LogP contribution in [0.4, 0.5) is 11.4 Å². The number of amides is 3. The lowest BCUT2D eigenvalue weighted by molar-refractivity contribution is -0.122. The van der Waals surface area contributed by atoms with Gasteiger partial charge >= 0.3 is 4.87 Å². The first kappa shape index (κ1) is 30.7. The molecule has 5 aromatic rings. The number of anilines is 2. The lowest BCUT2D eigenvalue weighted by atomic mass is 9.81. The van der Waals surface area contributed by atoms with E-state index < -0.39 is 17.1 Å². The van der Waals surface area contributed by atoms with Gasteiger partial charge in [-0.25, -0.2) is 4.90 Å². The fourth-order valence-electron chi connectivity index (χ4n) is 6.26. The molecule has 1 aromatic heterocycles. The van der Waals surface area contributed by atoms with E-state index >= 15 is 0 Å². The van der Waals surface area contributed by atoms with Gasteiger partial charge in [0.2, 0.25) is 17.7 Å². The largest absolute Gasteiger partial charge is 0.325 e. The number of hydrogen-bond acceptors (Lipinski definition) is 6. The van der Waals surface area contributed by atoms with Crippen molar-refractivity contribution in [1.29, 1.82) is 0 Å². The number of carbonyl (C=O) groups excluding carboxylic acids is 3. The molecule has 3 heterocycles. The van der Waals surface area contributed by atoms with Gasteiger partial charge in [-0.3, -0.25) is 23.7 Å². The molecular formula is C36H30BrN3O4S2. The second-order valence-electron chi connectivity index (χ2n) is 12.6. The Morgan fingerprint density at radius 1 is 0.870 bits per heavy atom. The quantitative estimate of drug-likeness (QED) is 0.190. The van der Waals surface area contributed by atoms with Crippen molar-refractivity contribution in [2.45, 2.75) is 48.9 Å². The van der Waals surface area contributed by atoms with E-state index in [4.69, 9.17) is 0 Å². The minimum absolute atomic E-state index is 0.0707. The van der Waals surface area contributed by atoms with E-state index in [1.54, 1.807) is 24.3 Å². The number of thioether (sulfide) groups is 1. The van der Waals surface area contributed by atoms with Crippen LogP contribution in [-0.4, -0.2) is 27.5 Å². The normalized spacial score (nSPS) is 19.3. The Labute approximate surface area is 282 Å². The molecule has 1 saturated heterocycles. The molecule has 3 atom stereocenters. The summed E-state index contributed by atoms with van der Waals surface area (Å²) in [5.41, 5.74) is 3.06. The van der Waals surface area contributed by atoms with Crippen molar-refractivity contribution in [2.75, 3.05) is 10.2 Å². The average Bonchev–Trinajstić information content (AvgIpc) is 3.47. The zero-order valence-corrected chi connectivity index (χ0v) is 28.5. The summed E-state index contributed by atoms with van der Waals surface area (Å²) in [6.07, 6.45) is 0. The summed E-state index contributed by atoms with van der Waals surface area (Å²) in [4.78, 5) is 56.7. The monoisotopic (exact) mass is 711 g/mol. The molecule has 0 aliphatic carbocycles. The summed E-state index contributed by atoms with van der Waals surface area (Å²) in [6, 6.07) is 28.8. The molecule has 2 aliphatic heterocycles. The number of halogens is 1. The fourth-order valence-corrected chi connectivity index (χ4v) is 9.30. The summed E-state index contributed by atoms with van der Waals surface area (Å²) >= 11 is 5.69. The van der Waals surface area contributed by atoms with E-state index in [1.807, 2.05) is 54.6 Å². The van der Waals surface area contributed by atoms with Crippen molar-refractivity contribution >= 4 is 78.9 Å². The Kier molecular flexibility index (Phi) is 7.77. The molecule has 1 N–H and O–H groups in total. The number of imide groups is 1. The van der Waals surface area contributed by atoms with E-state index in [0.717, 1.165) is 37.7 Å². The zero-order chi connectivity index (χ0) is 32.3. The first-order valence-electron chi connectivity index (χ1n) is 14.9. The summed E-state index contributed by atoms with van der Waals surface area (Å²) < 4.78 is 2.29. The SMILES string of the molecule is CC(C)(C)c1ccc([C@@H]2c3sc(=O)n(CC(=O)Nc4ccc5ccccc5c4)c3S[C@H]3C(=O)N(c4ccc(Br)cc4)C(=O)[C@@H]23)cc1. The number of nitrogens with zero attached hydrogens (tertiary/aromatic N) is 2. The molecule has 0 saturated carbocycles. The van der Waals surface area contributed by atoms with Crippen molar-refractivity contribution in [3.8, 4) is 0 Å².